The van der Waals surface area contributed by atoms with Crippen LogP contribution in [-0.2, 0) is 4.74 Å². The highest BCUT2D eigenvalue weighted by Crippen LogP contribution is 2.27. The Hall–Kier alpha value is -0.120. The predicted octanol–water partition coefficient (Wildman–Crippen LogP) is 1.79. The first-order valence-electron chi connectivity index (χ1n) is 6.74. The Bertz CT molecular complexity index is 212. The Kier molecular flexibility index (Phi) is 4.22. The quantitative estimate of drug-likeness (QED) is 0.798. The molecule has 2 unspecified atom stereocenters. The summed E-state index contributed by atoms with van der Waals surface area (Å²) in [5, 5.41) is 9.88. The Morgan fingerprint density at radius 1 is 1.12 bits per heavy atom. The molecule has 1 heterocycles. The average molecular weight is 227 g/mol. The third-order valence-electron chi connectivity index (χ3n) is 3.85. The van der Waals surface area contributed by atoms with E-state index >= 15 is 0 Å². The van der Waals surface area contributed by atoms with E-state index < -0.39 is 0 Å². The molecule has 0 aromatic heterocycles. The summed E-state index contributed by atoms with van der Waals surface area (Å²) in [6.07, 6.45) is 6.31. The second-order valence-corrected chi connectivity index (χ2v) is 5.49. The smallest absolute Gasteiger partial charge is 0.0695 e. The SMILES string of the molecule is CC(C)OC1CCN(C2CCCC2O)CC1. The van der Waals surface area contributed by atoms with Crippen molar-refractivity contribution in [2.45, 2.75) is 70.3 Å². The molecule has 0 radical (unpaired) electrons. The summed E-state index contributed by atoms with van der Waals surface area (Å²) in [5.41, 5.74) is 0. The zero-order valence-corrected chi connectivity index (χ0v) is 10.6. The lowest BCUT2D eigenvalue weighted by atomic mass is 10.0. The highest BCUT2D eigenvalue weighted by molar-refractivity contribution is 4.87. The van der Waals surface area contributed by atoms with Crippen LogP contribution in [0, 0.1) is 0 Å². The van der Waals surface area contributed by atoms with Crippen LogP contribution in [0.25, 0.3) is 0 Å². The lowest BCUT2D eigenvalue weighted by Gasteiger charge is -2.37. The Morgan fingerprint density at radius 3 is 2.31 bits per heavy atom. The van der Waals surface area contributed by atoms with E-state index in [1.807, 2.05) is 0 Å². The molecule has 16 heavy (non-hydrogen) atoms. The van der Waals surface area contributed by atoms with Crippen molar-refractivity contribution in [2.75, 3.05) is 13.1 Å². The van der Waals surface area contributed by atoms with E-state index in [0.717, 1.165) is 32.4 Å². The van der Waals surface area contributed by atoms with Gasteiger partial charge in [-0.3, -0.25) is 4.90 Å². The van der Waals surface area contributed by atoms with Crippen LogP contribution in [0.3, 0.4) is 0 Å². The van der Waals surface area contributed by atoms with E-state index in [1.165, 1.54) is 12.8 Å². The normalized spacial score (nSPS) is 33.8. The summed E-state index contributed by atoms with van der Waals surface area (Å²) in [5.74, 6) is 0. The number of hydrogen-bond donors (Lipinski definition) is 1. The van der Waals surface area contributed by atoms with Crippen LogP contribution in [0.1, 0.15) is 46.0 Å². The Labute approximate surface area is 98.8 Å². The van der Waals surface area contributed by atoms with Crippen LogP contribution in [0.2, 0.25) is 0 Å². The topological polar surface area (TPSA) is 32.7 Å². The molecule has 1 aliphatic heterocycles. The molecule has 3 nitrogen and oxygen atoms in total. The summed E-state index contributed by atoms with van der Waals surface area (Å²) in [6.45, 7) is 6.40. The van der Waals surface area contributed by atoms with Gasteiger partial charge in [-0.1, -0.05) is 0 Å². The fraction of sp³-hybridized carbons (Fsp3) is 1.00. The second kappa shape index (κ2) is 5.48. The summed E-state index contributed by atoms with van der Waals surface area (Å²) >= 11 is 0. The Morgan fingerprint density at radius 2 is 1.81 bits per heavy atom. The number of aliphatic hydroxyl groups is 1. The third-order valence-corrected chi connectivity index (χ3v) is 3.85. The number of rotatable bonds is 3. The van der Waals surface area contributed by atoms with Gasteiger partial charge in [0.1, 0.15) is 0 Å². The van der Waals surface area contributed by atoms with Crippen LogP contribution in [0.15, 0.2) is 0 Å². The molecule has 0 aromatic rings. The van der Waals surface area contributed by atoms with Crippen molar-refractivity contribution < 1.29 is 9.84 Å². The molecule has 0 bridgehead atoms. The largest absolute Gasteiger partial charge is 0.391 e. The maximum atomic E-state index is 9.88. The summed E-state index contributed by atoms with van der Waals surface area (Å²) in [6, 6.07) is 0.431. The van der Waals surface area contributed by atoms with Crippen molar-refractivity contribution in [1.29, 1.82) is 0 Å². The number of ether oxygens (including phenoxy) is 1. The van der Waals surface area contributed by atoms with E-state index in [4.69, 9.17) is 4.74 Å². The summed E-state index contributed by atoms with van der Waals surface area (Å²) < 4.78 is 5.84. The molecule has 94 valence electrons. The lowest BCUT2D eigenvalue weighted by Crippen LogP contribution is -2.46. The van der Waals surface area contributed by atoms with Gasteiger partial charge >= 0.3 is 0 Å². The number of hydrogen-bond acceptors (Lipinski definition) is 3. The molecule has 2 rings (SSSR count). The van der Waals surface area contributed by atoms with E-state index in [9.17, 15) is 5.11 Å². The zero-order valence-electron chi connectivity index (χ0n) is 10.6. The zero-order chi connectivity index (χ0) is 11.5. The van der Waals surface area contributed by atoms with Crippen molar-refractivity contribution in [3.63, 3.8) is 0 Å². The van der Waals surface area contributed by atoms with Gasteiger partial charge in [0.15, 0.2) is 0 Å². The highest BCUT2D eigenvalue weighted by atomic mass is 16.5. The predicted molar refractivity (Wildman–Crippen MR) is 64.5 cm³/mol. The minimum absolute atomic E-state index is 0.0810. The fourth-order valence-corrected chi connectivity index (χ4v) is 3.08. The minimum Gasteiger partial charge on any atom is -0.391 e. The van der Waals surface area contributed by atoms with Gasteiger partial charge < -0.3 is 9.84 Å². The monoisotopic (exact) mass is 227 g/mol. The fourth-order valence-electron chi connectivity index (χ4n) is 3.08. The summed E-state index contributed by atoms with van der Waals surface area (Å²) in [7, 11) is 0. The molecule has 0 spiro atoms. The standard InChI is InChI=1S/C13H25NO2/c1-10(2)16-11-6-8-14(9-7-11)12-4-3-5-13(12)15/h10-13,15H,3-9H2,1-2H3. The second-order valence-electron chi connectivity index (χ2n) is 5.49. The molecular formula is C13H25NO2. The van der Waals surface area contributed by atoms with Gasteiger partial charge in [0.2, 0.25) is 0 Å². The van der Waals surface area contributed by atoms with Crippen LogP contribution in [0.5, 0.6) is 0 Å². The van der Waals surface area contributed by atoms with Crippen molar-refractivity contribution in [1.82, 2.24) is 4.90 Å². The van der Waals surface area contributed by atoms with Gasteiger partial charge in [0.05, 0.1) is 18.3 Å². The van der Waals surface area contributed by atoms with E-state index in [2.05, 4.69) is 18.7 Å². The van der Waals surface area contributed by atoms with Crippen LogP contribution in [0.4, 0.5) is 0 Å². The van der Waals surface area contributed by atoms with Crippen molar-refractivity contribution in [3.05, 3.63) is 0 Å². The van der Waals surface area contributed by atoms with Gasteiger partial charge in [0.25, 0.3) is 0 Å². The number of likely N-dealkylation sites (tertiary alicyclic amines) is 1. The van der Waals surface area contributed by atoms with Gasteiger partial charge in [-0.05, 0) is 46.0 Å². The maximum absolute atomic E-state index is 9.88. The molecule has 2 fully saturated rings. The molecule has 1 saturated heterocycles. The van der Waals surface area contributed by atoms with Crippen molar-refractivity contribution >= 4 is 0 Å². The molecule has 0 amide bonds. The van der Waals surface area contributed by atoms with Crippen molar-refractivity contribution in [3.8, 4) is 0 Å². The van der Waals surface area contributed by atoms with E-state index in [0.29, 0.717) is 18.2 Å². The van der Waals surface area contributed by atoms with E-state index in [1.54, 1.807) is 0 Å². The van der Waals surface area contributed by atoms with Gasteiger partial charge in [-0.15, -0.1) is 0 Å². The molecule has 1 N–H and O–H groups in total. The van der Waals surface area contributed by atoms with E-state index in [-0.39, 0.29) is 6.10 Å². The molecule has 1 saturated carbocycles. The highest BCUT2D eigenvalue weighted by Gasteiger charge is 2.33. The number of nitrogens with zero attached hydrogens (tertiary/aromatic N) is 1. The first kappa shape index (κ1) is 12.3. The molecule has 2 aliphatic rings. The molecule has 2 atom stereocenters. The van der Waals surface area contributed by atoms with Crippen molar-refractivity contribution in [2.24, 2.45) is 0 Å². The lowest BCUT2D eigenvalue weighted by molar-refractivity contribution is -0.0419. The molecule has 0 aromatic carbocycles. The maximum Gasteiger partial charge on any atom is 0.0695 e. The minimum atomic E-state index is -0.0810. The van der Waals surface area contributed by atoms with Crippen LogP contribution >= 0.6 is 0 Å². The first-order valence-corrected chi connectivity index (χ1v) is 6.74. The molecule has 3 heteroatoms. The number of piperidine rings is 1. The third kappa shape index (κ3) is 2.96. The summed E-state index contributed by atoms with van der Waals surface area (Å²) in [4.78, 5) is 2.47. The molecule has 1 aliphatic carbocycles. The van der Waals surface area contributed by atoms with Gasteiger partial charge in [-0.2, -0.15) is 0 Å². The average Bonchev–Trinajstić information content (AvgIpc) is 2.65. The van der Waals surface area contributed by atoms with Crippen LogP contribution < -0.4 is 0 Å². The van der Waals surface area contributed by atoms with Gasteiger partial charge in [-0.25, -0.2) is 0 Å². The van der Waals surface area contributed by atoms with Gasteiger partial charge in [0, 0.05) is 19.1 Å². The molecular weight excluding hydrogens is 202 g/mol. The Balaban J connectivity index is 1.76. The first-order chi connectivity index (χ1) is 7.66. The van der Waals surface area contributed by atoms with Crippen LogP contribution in [-0.4, -0.2) is 47.4 Å². The number of aliphatic hydroxyl groups excluding tert-OH is 1.